The van der Waals surface area contributed by atoms with E-state index in [9.17, 15) is 9.59 Å². The summed E-state index contributed by atoms with van der Waals surface area (Å²) in [7, 11) is 0. The fraction of sp³-hybridized carbons (Fsp3) is 0.409. The highest BCUT2D eigenvalue weighted by Crippen LogP contribution is 2.36. The van der Waals surface area contributed by atoms with Crippen molar-refractivity contribution in [3.05, 3.63) is 65.5 Å². The molecule has 1 aromatic carbocycles. The molecule has 2 fully saturated rings. The maximum Gasteiger partial charge on any atom is 0.251 e. The summed E-state index contributed by atoms with van der Waals surface area (Å²) in [6, 6.07) is 12.2. The third-order valence-corrected chi connectivity index (χ3v) is 5.74. The van der Waals surface area contributed by atoms with Gasteiger partial charge in [0.05, 0.1) is 6.42 Å². The molecule has 5 nitrogen and oxygen atoms in total. The molecule has 27 heavy (non-hydrogen) atoms. The minimum Gasteiger partial charge on any atom is -0.349 e. The molecular formula is C22H25N3O2. The van der Waals surface area contributed by atoms with Crippen LogP contribution in [0.2, 0.25) is 0 Å². The second-order valence-electron chi connectivity index (χ2n) is 7.73. The van der Waals surface area contributed by atoms with E-state index in [1.165, 1.54) is 5.56 Å². The minimum atomic E-state index is -0.0543. The number of hydrogen-bond donors (Lipinski definition) is 1. The van der Waals surface area contributed by atoms with Gasteiger partial charge in [0.1, 0.15) is 0 Å². The summed E-state index contributed by atoms with van der Waals surface area (Å²) >= 11 is 0. The van der Waals surface area contributed by atoms with E-state index in [1.807, 2.05) is 12.1 Å². The Morgan fingerprint density at radius 3 is 2.48 bits per heavy atom. The van der Waals surface area contributed by atoms with E-state index in [-0.39, 0.29) is 29.9 Å². The van der Waals surface area contributed by atoms with E-state index in [0.29, 0.717) is 12.0 Å². The molecule has 140 valence electrons. The van der Waals surface area contributed by atoms with Crippen LogP contribution in [0, 0.1) is 6.92 Å². The first-order valence-electron chi connectivity index (χ1n) is 9.68. The standard InChI is InChI=1S/C22H25N3O2/c1-15-3-2-4-16(11-15)12-21(26)25-19-5-6-20(25)14-18(13-19)24-22(27)17-7-9-23-10-8-17/h2-4,7-11,18-20H,5-6,12-14H2,1H3,(H,24,27). The third-order valence-electron chi connectivity index (χ3n) is 5.74. The van der Waals surface area contributed by atoms with Gasteiger partial charge in [-0.2, -0.15) is 0 Å². The van der Waals surface area contributed by atoms with Crippen LogP contribution in [0.25, 0.3) is 0 Å². The molecule has 2 atom stereocenters. The molecule has 3 heterocycles. The van der Waals surface area contributed by atoms with E-state index in [4.69, 9.17) is 0 Å². The Morgan fingerprint density at radius 2 is 1.81 bits per heavy atom. The lowest BCUT2D eigenvalue weighted by molar-refractivity contribution is -0.135. The van der Waals surface area contributed by atoms with Crippen LogP contribution in [-0.4, -0.2) is 39.8 Å². The number of nitrogens with zero attached hydrogens (tertiary/aromatic N) is 2. The van der Waals surface area contributed by atoms with Gasteiger partial charge in [-0.1, -0.05) is 29.8 Å². The van der Waals surface area contributed by atoms with Crippen LogP contribution in [0.5, 0.6) is 0 Å². The van der Waals surface area contributed by atoms with Crippen LogP contribution in [0.15, 0.2) is 48.8 Å². The van der Waals surface area contributed by atoms with Gasteiger partial charge in [0.2, 0.25) is 5.91 Å². The average Bonchev–Trinajstić information content (AvgIpc) is 2.93. The third kappa shape index (κ3) is 3.87. The fourth-order valence-electron chi connectivity index (χ4n) is 4.56. The number of nitrogens with one attached hydrogen (secondary N) is 1. The Bertz CT molecular complexity index is 822. The van der Waals surface area contributed by atoms with Crippen LogP contribution in [-0.2, 0) is 11.2 Å². The number of benzene rings is 1. The van der Waals surface area contributed by atoms with Gasteiger partial charge in [0.15, 0.2) is 0 Å². The number of carbonyl (C=O) groups is 2. The Hall–Kier alpha value is -2.69. The number of fused-ring (bicyclic) bond motifs is 2. The van der Waals surface area contributed by atoms with Gasteiger partial charge in [-0.05, 0) is 50.3 Å². The number of aryl methyl sites for hydroxylation is 1. The minimum absolute atomic E-state index is 0.0543. The molecule has 2 unspecified atom stereocenters. The van der Waals surface area contributed by atoms with Crippen molar-refractivity contribution in [3.63, 3.8) is 0 Å². The van der Waals surface area contributed by atoms with Crippen LogP contribution in [0.4, 0.5) is 0 Å². The number of aromatic nitrogens is 1. The molecule has 0 spiro atoms. The molecule has 2 bridgehead atoms. The largest absolute Gasteiger partial charge is 0.349 e. The molecule has 0 aliphatic carbocycles. The molecule has 2 amide bonds. The van der Waals surface area contributed by atoms with Crippen LogP contribution >= 0.6 is 0 Å². The van der Waals surface area contributed by atoms with Crippen molar-refractivity contribution in [2.45, 2.75) is 57.2 Å². The zero-order chi connectivity index (χ0) is 18.8. The zero-order valence-corrected chi connectivity index (χ0v) is 15.6. The van der Waals surface area contributed by atoms with Crippen molar-refractivity contribution >= 4 is 11.8 Å². The summed E-state index contributed by atoms with van der Waals surface area (Å²) < 4.78 is 0. The van der Waals surface area contributed by atoms with E-state index in [1.54, 1.807) is 24.5 Å². The van der Waals surface area contributed by atoms with E-state index >= 15 is 0 Å². The highest BCUT2D eigenvalue weighted by atomic mass is 16.2. The Balaban J connectivity index is 1.38. The monoisotopic (exact) mass is 363 g/mol. The highest BCUT2D eigenvalue weighted by Gasteiger charge is 2.43. The predicted octanol–water partition coefficient (Wildman–Crippen LogP) is 2.88. The van der Waals surface area contributed by atoms with Crippen molar-refractivity contribution in [3.8, 4) is 0 Å². The second-order valence-corrected chi connectivity index (χ2v) is 7.73. The van der Waals surface area contributed by atoms with Crippen molar-refractivity contribution in [1.29, 1.82) is 0 Å². The molecule has 4 rings (SSSR count). The summed E-state index contributed by atoms with van der Waals surface area (Å²) in [6.07, 6.45) is 7.47. The summed E-state index contributed by atoms with van der Waals surface area (Å²) in [5.41, 5.74) is 2.89. The molecular weight excluding hydrogens is 338 g/mol. The van der Waals surface area contributed by atoms with Crippen molar-refractivity contribution in [2.75, 3.05) is 0 Å². The average molecular weight is 363 g/mol. The number of rotatable bonds is 4. The topological polar surface area (TPSA) is 62.3 Å². The van der Waals surface area contributed by atoms with Crippen LogP contribution < -0.4 is 5.32 Å². The lowest BCUT2D eigenvalue weighted by Crippen LogP contribution is -2.52. The number of carbonyl (C=O) groups excluding carboxylic acids is 2. The lowest BCUT2D eigenvalue weighted by atomic mass is 9.96. The van der Waals surface area contributed by atoms with Gasteiger partial charge in [-0.15, -0.1) is 0 Å². The van der Waals surface area contributed by atoms with Crippen LogP contribution in [0.3, 0.4) is 0 Å². The van der Waals surface area contributed by atoms with Crippen LogP contribution in [0.1, 0.15) is 47.2 Å². The molecule has 2 aromatic rings. The Kier molecular flexibility index (Phi) is 4.92. The zero-order valence-electron chi connectivity index (χ0n) is 15.6. The van der Waals surface area contributed by atoms with Gasteiger partial charge >= 0.3 is 0 Å². The lowest BCUT2D eigenvalue weighted by Gasteiger charge is -2.39. The maximum atomic E-state index is 12.9. The molecule has 2 saturated heterocycles. The predicted molar refractivity (Wildman–Crippen MR) is 103 cm³/mol. The summed E-state index contributed by atoms with van der Waals surface area (Å²) in [4.78, 5) is 31.4. The van der Waals surface area contributed by atoms with Gasteiger partial charge < -0.3 is 10.2 Å². The first-order chi connectivity index (χ1) is 13.1. The molecule has 1 N–H and O–H groups in total. The summed E-state index contributed by atoms with van der Waals surface area (Å²) in [6.45, 7) is 2.05. The fourth-order valence-corrected chi connectivity index (χ4v) is 4.56. The first kappa shape index (κ1) is 17.7. The van der Waals surface area contributed by atoms with Gasteiger partial charge in [0, 0.05) is 36.1 Å². The SMILES string of the molecule is Cc1cccc(CC(=O)N2C3CCC2CC(NC(=O)c2ccncc2)C3)c1. The molecule has 0 saturated carbocycles. The summed E-state index contributed by atoms with van der Waals surface area (Å²) in [5.74, 6) is 0.161. The van der Waals surface area contributed by atoms with E-state index in [2.05, 4.69) is 34.3 Å². The Morgan fingerprint density at radius 1 is 1.11 bits per heavy atom. The van der Waals surface area contributed by atoms with Crippen molar-refractivity contribution in [2.24, 2.45) is 0 Å². The highest BCUT2D eigenvalue weighted by molar-refractivity contribution is 5.94. The maximum absolute atomic E-state index is 12.9. The molecule has 2 aliphatic rings. The number of amides is 2. The molecule has 2 aliphatic heterocycles. The van der Waals surface area contributed by atoms with Gasteiger partial charge in [-0.25, -0.2) is 0 Å². The molecule has 5 heteroatoms. The first-order valence-corrected chi connectivity index (χ1v) is 9.68. The number of pyridine rings is 1. The van der Waals surface area contributed by atoms with Gasteiger partial charge in [-0.3, -0.25) is 14.6 Å². The number of piperidine rings is 1. The van der Waals surface area contributed by atoms with Crippen molar-refractivity contribution in [1.82, 2.24) is 15.2 Å². The summed E-state index contributed by atoms with van der Waals surface area (Å²) in [5, 5.41) is 3.15. The quantitative estimate of drug-likeness (QED) is 0.909. The van der Waals surface area contributed by atoms with Crippen molar-refractivity contribution < 1.29 is 9.59 Å². The smallest absolute Gasteiger partial charge is 0.251 e. The van der Waals surface area contributed by atoms with E-state index < -0.39 is 0 Å². The Labute approximate surface area is 159 Å². The second kappa shape index (κ2) is 7.51. The van der Waals surface area contributed by atoms with Gasteiger partial charge in [0.25, 0.3) is 5.91 Å². The normalized spacial score (nSPS) is 23.9. The molecule has 0 radical (unpaired) electrons. The number of hydrogen-bond acceptors (Lipinski definition) is 3. The molecule has 1 aromatic heterocycles. The van der Waals surface area contributed by atoms with E-state index in [0.717, 1.165) is 31.2 Å².